The zero-order valence-electron chi connectivity index (χ0n) is 11.6. The first-order valence-corrected chi connectivity index (χ1v) is 8.40. The number of nitrogens with zero attached hydrogens (tertiary/aromatic N) is 3. The average Bonchev–Trinajstić information content (AvgIpc) is 3.21. The molecule has 0 saturated heterocycles. The lowest BCUT2D eigenvalue weighted by Crippen LogP contribution is -2.48. The number of rotatable bonds is 6. The summed E-state index contributed by atoms with van der Waals surface area (Å²) >= 11 is 1.69. The summed E-state index contributed by atoms with van der Waals surface area (Å²) in [7, 11) is 0. The van der Waals surface area contributed by atoms with Crippen LogP contribution in [0.5, 0.6) is 0 Å². The lowest BCUT2D eigenvalue weighted by atomic mass is 9.86. The van der Waals surface area contributed by atoms with Crippen molar-refractivity contribution in [2.24, 2.45) is 5.92 Å². The molecule has 106 valence electrons. The van der Waals surface area contributed by atoms with Crippen LogP contribution in [-0.4, -0.2) is 27.3 Å². The normalized spacial score (nSPS) is 29.2. The van der Waals surface area contributed by atoms with Gasteiger partial charge in [0.15, 0.2) is 5.16 Å². The van der Waals surface area contributed by atoms with Crippen LogP contribution >= 0.6 is 11.8 Å². The molecule has 5 heteroatoms. The van der Waals surface area contributed by atoms with Crippen LogP contribution in [0.3, 0.4) is 0 Å². The first-order valence-electron chi connectivity index (χ1n) is 7.41. The second-order valence-electron chi connectivity index (χ2n) is 5.76. The summed E-state index contributed by atoms with van der Waals surface area (Å²) in [5.41, 5.74) is -0.265. The summed E-state index contributed by atoms with van der Waals surface area (Å²) in [5.74, 6) is 1.47. The third-order valence-electron chi connectivity index (χ3n) is 4.30. The molecule has 1 aromatic rings. The predicted molar refractivity (Wildman–Crippen MR) is 79.2 cm³/mol. The standard InChI is InChI=1S/C15H20N4S/c16-11-15(19-13-4-5-13)7-1-3-12(15)6-10-20-14-17-8-2-9-18-14/h2,8-9,12-13,19H,1,3-7,10H2. The van der Waals surface area contributed by atoms with E-state index in [1.165, 1.54) is 25.7 Å². The van der Waals surface area contributed by atoms with E-state index in [4.69, 9.17) is 0 Å². The molecule has 0 radical (unpaired) electrons. The highest BCUT2D eigenvalue weighted by atomic mass is 32.2. The molecule has 2 atom stereocenters. The molecule has 0 bridgehead atoms. The van der Waals surface area contributed by atoms with Gasteiger partial charge in [-0.05, 0) is 44.1 Å². The van der Waals surface area contributed by atoms with Gasteiger partial charge in [-0.1, -0.05) is 18.2 Å². The van der Waals surface area contributed by atoms with Crippen LogP contribution in [0, 0.1) is 17.2 Å². The summed E-state index contributed by atoms with van der Waals surface area (Å²) in [6, 6.07) is 5.03. The second kappa shape index (κ2) is 6.11. The van der Waals surface area contributed by atoms with E-state index in [0.717, 1.165) is 23.8 Å². The van der Waals surface area contributed by atoms with Crippen molar-refractivity contribution in [3.05, 3.63) is 18.5 Å². The minimum absolute atomic E-state index is 0.265. The Labute approximate surface area is 124 Å². The Kier molecular flexibility index (Phi) is 4.23. The second-order valence-corrected chi connectivity index (χ2v) is 6.82. The van der Waals surface area contributed by atoms with Crippen LogP contribution in [0.15, 0.2) is 23.6 Å². The van der Waals surface area contributed by atoms with Crippen LogP contribution in [-0.2, 0) is 0 Å². The number of aromatic nitrogens is 2. The quantitative estimate of drug-likeness (QED) is 0.644. The van der Waals surface area contributed by atoms with E-state index in [1.54, 1.807) is 24.2 Å². The third kappa shape index (κ3) is 3.13. The molecule has 0 amide bonds. The maximum absolute atomic E-state index is 9.64. The van der Waals surface area contributed by atoms with Gasteiger partial charge in [0.1, 0.15) is 5.54 Å². The molecule has 2 saturated carbocycles. The van der Waals surface area contributed by atoms with Crippen molar-refractivity contribution >= 4 is 11.8 Å². The number of hydrogen-bond acceptors (Lipinski definition) is 5. The molecular weight excluding hydrogens is 268 g/mol. The molecule has 1 heterocycles. The van der Waals surface area contributed by atoms with Gasteiger partial charge in [0, 0.05) is 24.2 Å². The van der Waals surface area contributed by atoms with Crippen molar-refractivity contribution in [3.63, 3.8) is 0 Å². The molecule has 0 aromatic carbocycles. The minimum Gasteiger partial charge on any atom is -0.296 e. The van der Waals surface area contributed by atoms with Crippen molar-refractivity contribution < 1.29 is 0 Å². The van der Waals surface area contributed by atoms with E-state index >= 15 is 0 Å². The van der Waals surface area contributed by atoms with Crippen LogP contribution in [0.1, 0.15) is 38.5 Å². The fraction of sp³-hybridized carbons (Fsp3) is 0.667. The van der Waals surface area contributed by atoms with Crippen molar-refractivity contribution in [2.75, 3.05) is 5.75 Å². The van der Waals surface area contributed by atoms with E-state index in [0.29, 0.717) is 12.0 Å². The van der Waals surface area contributed by atoms with Gasteiger partial charge in [0.25, 0.3) is 0 Å². The number of nitriles is 1. The fourth-order valence-corrected chi connectivity index (χ4v) is 3.94. The molecule has 4 nitrogen and oxygen atoms in total. The predicted octanol–water partition coefficient (Wildman–Crippen LogP) is 2.77. The fourth-order valence-electron chi connectivity index (χ4n) is 3.08. The first kappa shape index (κ1) is 13.8. The molecule has 3 rings (SSSR count). The molecule has 1 N–H and O–H groups in total. The van der Waals surface area contributed by atoms with Gasteiger partial charge in [-0.25, -0.2) is 9.97 Å². The van der Waals surface area contributed by atoms with Gasteiger partial charge in [-0.2, -0.15) is 5.26 Å². The van der Waals surface area contributed by atoms with E-state index < -0.39 is 0 Å². The van der Waals surface area contributed by atoms with Gasteiger partial charge >= 0.3 is 0 Å². The lowest BCUT2D eigenvalue weighted by Gasteiger charge is -2.30. The Morgan fingerprint density at radius 2 is 2.15 bits per heavy atom. The monoisotopic (exact) mass is 288 g/mol. The van der Waals surface area contributed by atoms with Crippen LogP contribution in [0.2, 0.25) is 0 Å². The molecule has 2 unspecified atom stereocenters. The zero-order valence-corrected chi connectivity index (χ0v) is 12.4. The van der Waals surface area contributed by atoms with Crippen LogP contribution in [0.25, 0.3) is 0 Å². The van der Waals surface area contributed by atoms with E-state index in [-0.39, 0.29) is 5.54 Å². The average molecular weight is 288 g/mol. The Bertz CT molecular complexity index is 482. The Hall–Kier alpha value is -1.12. The molecule has 2 fully saturated rings. The van der Waals surface area contributed by atoms with Gasteiger partial charge in [0.05, 0.1) is 6.07 Å². The maximum Gasteiger partial charge on any atom is 0.187 e. The van der Waals surface area contributed by atoms with Crippen molar-refractivity contribution in [1.82, 2.24) is 15.3 Å². The zero-order chi connectivity index (χ0) is 13.8. The Balaban J connectivity index is 1.54. The number of hydrogen-bond donors (Lipinski definition) is 1. The van der Waals surface area contributed by atoms with E-state index in [2.05, 4.69) is 21.4 Å². The van der Waals surface area contributed by atoms with Crippen LogP contribution in [0.4, 0.5) is 0 Å². The molecule has 20 heavy (non-hydrogen) atoms. The SMILES string of the molecule is N#CC1(NC2CC2)CCCC1CCSc1ncccn1. The highest BCUT2D eigenvalue weighted by Gasteiger charge is 2.45. The lowest BCUT2D eigenvalue weighted by molar-refractivity contribution is 0.308. The number of nitrogens with one attached hydrogen (secondary N) is 1. The largest absolute Gasteiger partial charge is 0.296 e. The molecule has 0 aliphatic heterocycles. The summed E-state index contributed by atoms with van der Waals surface area (Å²) < 4.78 is 0. The summed E-state index contributed by atoms with van der Waals surface area (Å²) in [6.07, 6.45) is 10.4. The van der Waals surface area contributed by atoms with Gasteiger partial charge in [-0.3, -0.25) is 5.32 Å². The molecule has 1 aromatic heterocycles. The van der Waals surface area contributed by atoms with E-state index in [9.17, 15) is 5.26 Å². The van der Waals surface area contributed by atoms with Gasteiger partial charge in [0.2, 0.25) is 0 Å². The highest BCUT2D eigenvalue weighted by Crippen LogP contribution is 2.40. The summed E-state index contributed by atoms with van der Waals surface area (Å²) in [6.45, 7) is 0. The van der Waals surface area contributed by atoms with Crippen molar-refractivity contribution in [2.45, 2.75) is 55.3 Å². The Morgan fingerprint density at radius 1 is 1.35 bits per heavy atom. The minimum atomic E-state index is -0.265. The van der Waals surface area contributed by atoms with Crippen LogP contribution < -0.4 is 5.32 Å². The smallest absolute Gasteiger partial charge is 0.187 e. The maximum atomic E-state index is 9.64. The van der Waals surface area contributed by atoms with Gasteiger partial charge in [-0.15, -0.1) is 0 Å². The van der Waals surface area contributed by atoms with Crippen molar-refractivity contribution in [1.29, 1.82) is 5.26 Å². The van der Waals surface area contributed by atoms with Crippen molar-refractivity contribution in [3.8, 4) is 6.07 Å². The van der Waals surface area contributed by atoms with E-state index in [1.807, 2.05) is 6.07 Å². The highest BCUT2D eigenvalue weighted by molar-refractivity contribution is 7.99. The molecular formula is C15H20N4S. The topological polar surface area (TPSA) is 61.6 Å². The molecule has 2 aliphatic carbocycles. The summed E-state index contributed by atoms with van der Waals surface area (Å²) in [5, 5.41) is 14.1. The summed E-state index contributed by atoms with van der Waals surface area (Å²) in [4.78, 5) is 8.46. The first-order chi connectivity index (χ1) is 9.82. The Morgan fingerprint density at radius 3 is 2.85 bits per heavy atom. The third-order valence-corrected chi connectivity index (χ3v) is 5.21. The molecule has 2 aliphatic rings. The molecule has 0 spiro atoms. The van der Waals surface area contributed by atoms with Gasteiger partial charge < -0.3 is 0 Å². The number of thioether (sulfide) groups is 1.